The van der Waals surface area contributed by atoms with Crippen molar-refractivity contribution in [2.45, 2.75) is 0 Å². The van der Waals surface area contributed by atoms with Gasteiger partial charge in [-0.1, -0.05) is 0 Å². The summed E-state index contributed by atoms with van der Waals surface area (Å²) < 4.78 is 5.38. The average molecular weight is 163 g/mol. The zero-order valence-electron chi connectivity index (χ0n) is 6.98. The molecular weight excluding hydrogens is 154 g/mol. The fourth-order valence-corrected chi connectivity index (χ4v) is 0.949. The Labute approximate surface area is 69.8 Å². The quantitative estimate of drug-likeness (QED) is 0.635. The number of pyridine rings is 1. The van der Waals surface area contributed by atoms with Crippen LogP contribution >= 0.6 is 0 Å². The van der Waals surface area contributed by atoms with Gasteiger partial charge in [0.1, 0.15) is 0 Å². The molecule has 0 amide bonds. The molecule has 0 saturated carbocycles. The van der Waals surface area contributed by atoms with Crippen LogP contribution in [-0.2, 0) is 0 Å². The van der Waals surface area contributed by atoms with Gasteiger partial charge in [0, 0.05) is 20.3 Å². The van der Waals surface area contributed by atoms with Gasteiger partial charge in [-0.3, -0.25) is 0 Å². The van der Waals surface area contributed by atoms with E-state index in [1.807, 2.05) is 31.1 Å². The maximum atomic E-state index is 5.38. The van der Waals surface area contributed by atoms with Gasteiger partial charge >= 0.3 is 0 Å². The molecular formula is C8H9N3O. The van der Waals surface area contributed by atoms with E-state index in [1.165, 1.54) is 0 Å². The molecule has 0 bridgehead atoms. The molecule has 62 valence electrons. The van der Waals surface area contributed by atoms with E-state index < -0.39 is 0 Å². The third-order valence-electron chi connectivity index (χ3n) is 1.54. The Kier molecular flexibility index (Phi) is 1.46. The van der Waals surface area contributed by atoms with Crippen LogP contribution in [0.25, 0.3) is 11.2 Å². The summed E-state index contributed by atoms with van der Waals surface area (Å²) in [5.41, 5.74) is 1.38. The van der Waals surface area contributed by atoms with E-state index in [-0.39, 0.29) is 0 Å². The minimum atomic E-state index is 0.587. The highest BCUT2D eigenvalue weighted by molar-refractivity contribution is 5.69. The monoisotopic (exact) mass is 163 g/mol. The molecule has 12 heavy (non-hydrogen) atoms. The number of fused-ring (bicyclic) bond motifs is 1. The van der Waals surface area contributed by atoms with Gasteiger partial charge in [-0.25, -0.2) is 4.98 Å². The Hall–Kier alpha value is -1.58. The molecule has 0 N–H and O–H groups in total. The zero-order chi connectivity index (χ0) is 8.55. The first-order valence-electron chi connectivity index (χ1n) is 3.66. The van der Waals surface area contributed by atoms with Crippen molar-refractivity contribution < 1.29 is 4.42 Å². The molecule has 0 spiro atoms. The van der Waals surface area contributed by atoms with E-state index in [0.717, 1.165) is 5.58 Å². The van der Waals surface area contributed by atoms with Gasteiger partial charge in [-0.2, -0.15) is 4.98 Å². The summed E-state index contributed by atoms with van der Waals surface area (Å²) in [5.74, 6) is 0. The standard InChI is InChI=1S/C8H9N3O/c1-11(2)8-10-7-6(12-8)4-3-5-9-7/h3-5H,1-2H3. The van der Waals surface area contributed by atoms with Gasteiger partial charge in [-0.15, -0.1) is 0 Å². The van der Waals surface area contributed by atoms with Crippen LogP contribution in [0.4, 0.5) is 6.01 Å². The second-order valence-electron chi connectivity index (χ2n) is 2.72. The largest absolute Gasteiger partial charge is 0.422 e. The molecule has 0 aliphatic carbocycles. The number of oxazole rings is 1. The minimum Gasteiger partial charge on any atom is -0.422 e. The molecule has 2 heterocycles. The smallest absolute Gasteiger partial charge is 0.299 e. The first-order chi connectivity index (χ1) is 5.77. The molecule has 0 saturated heterocycles. The van der Waals surface area contributed by atoms with E-state index in [2.05, 4.69) is 9.97 Å². The highest BCUT2D eigenvalue weighted by Gasteiger charge is 2.06. The van der Waals surface area contributed by atoms with E-state index >= 15 is 0 Å². The Balaban J connectivity index is 2.62. The summed E-state index contributed by atoms with van der Waals surface area (Å²) in [4.78, 5) is 10.0. The van der Waals surface area contributed by atoms with Crippen molar-refractivity contribution in [3.05, 3.63) is 18.3 Å². The lowest BCUT2D eigenvalue weighted by Crippen LogP contribution is -2.08. The fraction of sp³-hybridized carbons (Fsp3) is 0.250. The molecule has 0 unspecified atom stereocenters. The van der Waals surface area contributed by atoms with Gasteiger partial charge < -0.3 is 9.32 Å². The van der Waals surface area contributed by atoms with Crippen molar-refractivity contribution in [1.29, 1.82) is 0 Å². The first kappa shape index (κ1) is 7.09. The topological polar surface area (TPSA) is 42.2 Å². The average Bonchev–Trinajstić information content (AvgIpc) is 2.46. The second kappa shape index (κ2) is 2.48. The van der Waals surface area contributed by atoms with E-state index in [1.54, 1.807) is 6.20 Å². The molecule has 4 heteroatoms. The zero-order valence-corrected chi connectivity index (χ0v) is 6.98. The van der Waals surface area contributed by atoms with Crippen LogP contribution < -0.4 is 4.90 Å². The van der Waals surface area contributed by atoms with E-state index in [9.17, 15) is 0 Å². The predicted octanol–water partition coefficient (Wildman–Crippen LogP) is 1.29. The van der Waals surface area contributed by atoms with Gasteiger partial charge in [0.05, 0.1) is 0 Å². The van der Waals surface area contributed by atoms with Crippen molar-refractivity contribution in [3.8, 4) is 0 Å². The van der Waals surface area contributed by atoms with Crippen LogP contribution in [-0.4, -0.2) is 24.1 Å². The summed E-state index contributed by atoms with van der Waals surface area (Å²) in [6.07, 6.45) is 1.70. The highest BCUT2D eigenvalue weighted by atomic mass is 16.4. The lowest BCUT2D eigenvalue weighted by atomic mass is 10.5. The molecule has 2 rings (SSSR count). The summed E-state index contributed by atoms with van der Waals surface area (Å²) in [6.45, 7) is 0. The van der Waals surface area contributed by atoms with Crippen LogP contribution in [0.2, 0.25) is 0 Å². The van der Waals surface area contributed by atoms with E-state index in [4.69, 9.17) is 4.42 Å². The summed E-state index contributed by atoms with van der Waals surface area (Å²) >= 11 is 0. The third kappa shape index (κ3) is 1.01. The maximum Gasteiger partial charge on any atom is 0.299 e. The van der Waals surface area contributed by atoms with Gasteiger partial charge in [-0.05, 0) is 12.1 Å². The lowest BCUT2D eigenvalue weighted by molar-refractivity contribution is 0.596. The SMILES string of the molecule is CN(C)c1nc2ncccc2o1. The van der Waals surface area contributed by atoms with Crippen LogP contribution in [0.5, 0.6) is 0 Å². The van der Waals surface area contributed by atoms with Crippen molar-refractivity contribution in [2.24, 2.45) is 0 Å². The Morgan fingerprint density at radius 3 is 2.92 bits per heavy atom. The fourth-order valence-electron chi connectivity index (χ4n) is 0.949. The Morgan fingerprint density at radius 1 is 1.42 bits per heavy atom. The molecule has 0 fully saturated rings. The normalized spacial score (nSPS) is 10.5. The Morgan fingerprint density at radius 2 is 2.25 bits per heavy atom. The van der Waals surface area contributed by atoms with Gasteiger partial charge in [0.15, 0.2) is 5.58 Å². The second-order valence-corrected chi connectivity index (χ2v) is 2.72. The number of anilines is 1. The Bertz CT molecular complexity index is 361. The van der Waals surface area contributed by atoms with E-state index in [0.29, 0.717) is 11.7 Å². The number of aromatic nitrogens is 2. The van der Waals surface area contributed by atoms with Crippen LogP contribution in [0.15, 0.2) is 22.7 Å². The van der Waals surface area contributed by atoms with Crippen molar-refractivity contribution in [1.82, 2.24) is 9.97 Å². The molecule has 0 atom stereocenters. The predicted molar refractivity (Wildman–Crippen MR) is 46.1 cm³/mol. The molecule has 0 aliphatic rings. The lowest BCUT2D eigenvalue weighted by Gasteiger charge is -2.02. The molecule has 0 radical (unpaired) electrons. The number of hydrogen-bond acceptors (Lipinski definition) is 4. The third-order valence-corrected chi connectivity index (χ3v) is 1.54. The van der Waals surface area contributed by atoms with Crippen molar-refractivity contribution in [2.75, 3.05) is 19.0 Å². The molecule has 0 aromatic carbocycles. The first-order valence-corrected chi connectivity index (χ1v) is 3.66. The number of hydrogen-bond donors (Lipinski definition) is 0. The minimum absolute atomic E-state index is 0.587. The van der Waals surface area contributed by atoms with Gasteiger partial charge in [0.25, 0.3) is 6.01 Å². The van der Waals surface area contributed by atoms with Crippen LogP contribution in [0.3, 0.4) is 0 Å². The molecule has 4 nitrogen and oxygen atoms in total. The summed E-state index contributed by atoms with van der Waals surface area (Å²) in [6, 6.07) is 4.26. The van der Waals surface area contributed by atoms with Crippen LogP contribution in [0.1, 0.15) is 0 Å². The maximum absolute atomic E-state index is 5.38. The van der Waals surface area contributed by atoms with Crippen molar-refractivity contribution in [3.63, 3.8) is 0 Å². The summed E-state index contributed by atoms with van der Waals surface area (Å²) in [5, 5.41) is 0. The van der Waals surface area contributed by atoms with Crippen LogP contribution in [0, 0.1) is 0 Å². The molecule has 2 aromatic heterocycles. The highest BCUT2D eigenvalue weighted by Crippen LogP contribution is 2.17. The van der Waals surface area contributed by atoms with Crippen molar-refractivity contribution >= 4 is 17.2 Å². The summed E-state index contributed by atoms with van der Waals surface area (Å²) in [7, 11) is 3.76. The number of nitrogens with zero attached hydrogens (tertiary/aromatic N) is 3. The number of rotatable bonds is 1. The van der Waals surface area contributed by atoms with Gasteiger partial charge in [0.2, 0.25) is 5.65 Å². The molecule has 2 aromatic rings. The molecule has 0 aliphatic heterocycles.